The van der Waals surface area contributed by atoms with Crippen LogP contribution in [0.3, 0.4) is 0 Å². The van der Waals surface area contributed by atoms with Crippen LogP contribution in [0.25, 0.3) is 0 Å². The average molecular weight is 1560 g/mol. The third-order valence-corrected chi connectivity index (χ3v) is 25.3. The highest BCUT2D eigenvalue weighted by molar-refractivity contribution is 5.86. The molecule has 0 aromatic rings. The highest BCUT2D eigenvalue weighted by Crippen LogP contribution is 2.35. The van der Waals surface area contributed by atoms with Crippen LogP contribution in [0.2, 0.25) is 0 Å². The summed E-state index contributed by atoms with van der Waals surface area (Å²) in [6.45, 7) is 25.8. The topological polar surface area (TPSA) is 97.0 Å². The smallest absolute Gasteiger partial charge is 0.223 e. The van der Waals surface area contributed by atoms with Crippen LogP contribution < -0.4 is 16.0 Å². The van der Waals surface area contributed by atoms with Crippen LogP contribution in [0.1, 0.15) is 530 Å². The summed E-state index contributed by atoms with van der Waals surface area (Å²) in [5.41, 5.74) is 0. The fourth-order valence-electron chi connectivity index (χ4n) is 17.7. The van der Waals surface area contributed by atoms with E-state index in [1.807, 2.05) is 0 Å². The predicted molar refractivity (Wildman–Crippen MR) is 493 cm³/mol. The molecular weight excluding hydrogens is 1360 g/mol. The molecule has 0 saturated heterocycles. The maximum atomic E-state index is 14.5. The molecule has 1 rings (SSSR count). The molecule has 3 amide bonds. The number of carbonyl (C=O) groups excluding carboxylic acids is 3. The van der Waals surface area contributed by atoms with Crippen molar-refractivity contribution in [3.05, 3.63) is 12.2 Å². The van der Waals surface area contributed by atoms with E-state index in [0.29, 0.717) is 38.9 Å². The second-order valence-electron chi connectivity index (χ2n) is 36.2. The zero-order chi connectivity index (χ0) is 80.0. The van der Waals surface area contributed by atoms with Crippen LogP contribution in [0.4, 0.5) is 0 Å². The number of carbonyl (C=O) groups is 3. The highest BCUT2D eigenvalue weighted by Gasteiger charge is 2.39. The molecule has 2 atom stereocenters. The second kappa shape index (κ2) is 88.8. The number of hydrogen-bond acceptors (Lipinski definition) is 6. The van der Waals surface area contributed by atoms with Crippen LogP contribution in [0, 0.1) is 17.8 Å². The van der Waals surface area contributed by atoms with E-state index in [4.69, 9.17) is 0 Å². The van der Waals surface area contributed by atoms with E-state index in [9.17, 15) is 14.4 Å². The first-order chi connectivity index (χ1) is 54.8. The van der Waals surface area contributed by atoms with Gasteiger partial charge in [0.25, 0.3) is 0 Å². The Hall–Kier alpha value is -1.97. The minimum Gasteiger partial charge on any atom is -0.356 e. The molecule has 0 heterocycles. The molecule has 658 valence electrons. The lowest BCUT2D eigenvalue weighted by Crippen LogP contribution is -2.45. The van der Waals surface area contributed by atoms with Gasteiger partial charge in [0.05, 0.1) is 0 Å². The van der Waals surface area contributed by atoms with E-state index >= 15 is 0 Å². The van der Waals surface area contributed by atoms with Crippen LogP contribution in [-0.2, 0) is 14.4 Å². The zero-order valence-corrected chi connectivity index (χ0v) is 76.7. The number of allylic oxidation sites excluding steroid dienone is 2. The molecule has 0 bridgehead atoms. The van der Waals surface area contributed by atoms with Crippen molar-refractivity contribution < 1.29 is 14.4 Å². The molecule has 0 aromatic carbocycles. The van der Waals surface area contributed by atoms with Gasteiger partial charge in [0, 0.05) is 37.4 Å². The molecule has 3 N–H and O–H groups in total. The fraction of sp³-hybridized carbons (Fsp3) is 0.951. The van der Waals surface area contributed by atoms with Crippen LogP contribution >= 0.6 is 0 Å². The lowest BCUT2D eigenvalue weighted by molar-refractivity contribution is -0.135. The van der Waals surface area contributed by atoms with Crippen molar-refractivity contribution in [2.45, 2.75) is 530 Å². The van der Waals surface area contributed by atoms with Crippen LogP contribution in [-0.4, -0.2) is 111 Å². The summed E-state index contributed by atoms with van der Waals surface area (Å²) < 4.78 is 0. The first-order valence-electron chi connectivity index (χ1n) is 51.5. The molecule has 1 saturated carbocycles. The summed E-state index contributed by atoms with van der Waals surface area (Å²) in [6, 6.07) is 0. The van der Waals surface area contributed by atoms with Gasteiger partial charge in [-0.3, -0.25) is 14.4 Å². The van der Waals surface area contributed by atoms with Gasteiger partial charge in [-0.2, -0.15) is 0 Å². The average Bonchev–Trinajstić information content (AvgIpc) is 0.827. The Labute approximate surface area is 696 Å². The summed E-state index contributed by atoms with van der Waals surface area (Å²) in [6.07, 6.45) is 105. The quantitative estimate of drug-likeness (QED) is 0.0415. The monoisotopic (exact) mass is 1560 g/mol. The van der Waals surface area contributed by atoms with Crippen LogP contribution in [0.5, 0.6) is 0 Å². The lowest BCUT2D eigenvalue weighted by Gasteiger charge is -2.33. The molecule has 9 nitrogen and oxygen atoms in total. The number of unbranched alkanes of at least 4 members (excludes halogenated alkanes) is 63. The molecule has 1 aliphatic carbocycles. The van der Waals surface area contributed by atoms with Gasteiger partial charge in [-0.15, -0.1) is 0 Å². The summed E-state index contributed by atoms with van der Waals surface area (Å²) >= 11 is 0. The Morgan fingerprint density at radius 3 is 0.523 bits per heavy atom. The van der Waals surface area contributed by atoms with Crippen molar-refractivity contribution in [2.75, 3.05) is 78.5 Å². The number of amides is 3. The maximum absolute atomic E-state index is 14.5. The normalized spacial score (nSPS) is 14.7. The number of hydrogen-bond donors (Lipinski definition) is 3. The van der Waals surface area contributed by atoms with E-state index in [2.05, 4.69) is 84.3 Å². The van der Waals surface area contributed by atoms with Gasteiger partial charge in [0.15, 0.2) is 0 Å². The number of rotatable bonds is 92. The molecule has 1 fully saturated rings. The molecule has 111 heavy (non-hydrogen) atoms. The zero-order valence-electron chi connectivity index (χ0n) is 76.7. The summed E-state index contributed by atoms with van der Waals surface area (Å²) in [4.78, 5) is 51.8. The Bertz CT molecular complexity index is 1750. The van der Waals surface area contributed by atoms with Crippen molar-refractivity contribution in [3.63, 3.8) is 0 Å². The molecule has 0 aromatic heterocycles. The minimum atomic E-state index is -0.345. The molecule has 1 aliphatic rings. The first kappa shape index (κ1) is 107. The van der Waals surface area contributed by atoms with Gasteiger partial charge in [-0.25, -0.2) is 0 Å². The Balaban J connectivity index is 3.15. The predicted octanol–water partition coefficient (Wildman–Crippen LogP) is 30.4. The van der Waals surface area contributed by atoms with Gasteiger partial charge in [0.1, 0.15) is 0 Å². The third kappa shape index (κ3) is 75.3. The van der Waals surface area contributed by atoms with Crippen molar-refractivity contribution in [3.8, 4) is 0 Å². The van der Waals surface area contributed by atoms with E-state index < -0.39 is 0 Å². The largest absolute Gasteiger partial charge is 0.356 e. The molecule has 2 unspecified atom stereocenters. The van der Waals surface area contributed by atoms with E-state index in [1.54, 1.807) is 0 Å². The van der Waals surface area contributed by atoms with E-state index in [-0.39, 0.29) is 35.5 Å². The SMILES string of the molecule is CCCC/C=C/CCCCCCCCN(CCCCCCCCCCCCCC)CCCNC(=O)C1CC(C(=O)NCCCN(CCCCCCCCCCCCCC)CCCCCCCCCCCCCC)CC(C(=O)NCCCN(CCCCCCCCCCCCCC)CCCCCCCCCCCCCC)C1. The Morgan fingerprint density at radius 1 is 0.198 bits per heavy atom. The van der Waals surface area contributed by atoms with Gasteiger partial charge in [-0.05, 0) is 155 Å². The highest BCUT2D eigenvalue weighted by atomic mass is 16.2. The molecular formula is C102H202N6O3. The standard InChI is InChI=1S/C102H202N6O3/c1-7-13-19-25-31-37-43-49-55-61-67-73-85-106(86-74-68-62-56-50-44-38-32-26-20-14-8-2)91-79-82-103-100(109)97-94-98(101(110)104-83-80-92-107(87-75-69-63-57-51-45-39-33-27-21-15-9-3)88-76-70-64-58-52-46-40-34-28-22-16-10-4)96-99(95-97)102(111)105-84-81-93-108(89-77-71-65-59-53-47-41-35-29-23-17-11-5)90-78-72-66-60-54-48-42-36-30-24-18-12-6/h25,31,97-99H,7-24,26-30,32-96H2,1-6H3,(H,103,109)(H,104,110)(H,105,111)/b31-25+. The third-order valence-electron chi connectivity index (χ3n) is 25.3. The fourth-order valence-corrected chi connectivity index (χ4v) is 17.7. The Kier molecular flexibility index (Phi) is 85.7. The number of nitrogens with one attached hydrogen (secondary N) is 3. The van der Waals surface area contributed by atoms with Gasteiger partial charge in [0.2, 0.25) is 17.7 Å². The minimum absolute atomic E-state index is 0.0479. The summed E-state index contributed by atoms with van der Waals surface area (Å²) in [5.74, 6) is -0.886. The maximum Gasteiger partial charge on any atom is 0.223 e. The van der Waals surface area contributed by atoms with Crippen molar-refractivity contribution in [2.24, 2.45) is 17.8 Å². The molecule has 9 heteroatoms. The van der Waals surface area contributed by atoms with E-state index in [1.165, 1.54) is 449 Å². The van der Waals surface area contributed by atoms with Gasteiger partial charge in [-0.1, -0.05) is 445 Å². The molecule has 0 spiro atoms. The van der Waals surface area contributed by atoms with E-state index in [0.717, 1.165) is 78.2 Å². The van der Waals surface area contributed by atoms with Gasteiger partial charge < -0.3 is 30.7 Å². The van der Waals surface area contributed by atoms with Crippen molar-refractivity contribution in [1.82, 2.24) is 30.7 Å². The number of nitrogens with zero attached hydrogens (tertiary/aromatic N) is 3. The second-order valence-corrected chi connectivity index (χ2v) is 36.2. The first-order valence-corrected chi connectivity index (χ1v) is 51.5. The van der Waals surface area contributed by atoms with Crippen molar-refractivity contribution >= 4 is 17.7 Å². The Morgan fingerprint density at radius 2 is 0.342 bits per heavy atom. The molecule has 0 aliphatic heterocycles. The van der Waals surface area contributed by atoms with Crippen LogP contribution in [0.15, 0.2) is 12.2 Å². The lowest BCUT2D eigenvalue weighted by atomic mass is 9.74. The van der Waals surface area contributed by atoms with Gasteiger partial charge >= 0.3 is 0 Å². The summed E-state index contributed by atoms with van der Waals surface area (Å²) in [5, 5.41) is 10.2. The molecule has 0 radical (unpaired) electrons. The van der Waals surface area contributed by atoms with Crippen molar-refractivity contribution in [1.29, 1.82) is 0 Å². The summed E-state index contributed by atoms with van der Waals surface area (Å²) in [7, 11) is 0.